The molecule has 4 rings (SSSR count). The highest BCUT2D eigenvalue weighted by molar-refractivity contribution is 5.89. The highest BCUT2D eigenvalue weighted by Crippen LogP contribution is 2.34. The van der Waals surface area contributed by atoms with Crippen molar-refractivity contribution in [3.63, 3.8) is 0 Å². The zero-order valence-electron chi connectivity index (χ0n) is 18.3. The summed E-state index contributed by atoms with van der Waals surface area (Å²) < 4.78 is 11.6. The Morgan fingerprint density at radius 2 is 1.84 bits per heavy atom. The summed E-state index contributed by atoms with van der Waals surface area (Å²) in [5, 5.41) is 3.05. The summed E-state index contributed by atoms with van der Waals surface area (Å²) in [5.74, 6) is 1.40. The van der Waals surface area contributed by atoms with Crippen LogP contribution in [0.3, 0.4) is 0 Å². The van der Waals surface area contributed by atoms with Crippen LogP contribution < -0.4 is 14.8 Å². The molecule has 0 atom stereocenters. The average Bonchev–Trinajstić information content (AvgIpc) is 3.18. The minimum absolute atomic E-state index is 0.0669. The summed E-state index contributed by atoms with van der Waals surface area (Å²) in [6.07, 6.45) is 9.40. The van der Waals surface area contributed by atoms with Crippen molar-refractivity contribution in [2.75, 3.05) is 38.6 Å². The highest BCUT2D eigenvalue weighted by atomic mass is 16.5. The van der Waals surface area contributed by atoms with Gasteiger partial charge in [-0.1, -0.05) is 0 Å². The lowest BCUT2D eigenvalue weighted by molar-refractivity contribution is 0.201. The van der Waals surface area contributed by atoms with Crippen molar-refractivity contribution < 1.29 is 14.3 Å². The molecule has 166 valence electrons. The number of carbonyl (C=O) groups is 1. The number of methoxy groups -OCH3 is 1. The van der Waals surface area contributed by atoms with Gasteiger partial charge in [-0.05, 0) is 61.9 Å². The quantitative estimate of drug-likeness (QED) is 0.755. The van der Waals surface area contributed by atoms with Gasteiger partial charge >= 0.3 is 6.03 Å². The van der Waals surface area contributed by atoms with Gasteiger partial charge in [0.2, 0.25) is 0 Å². The van der Waals surface area contributed by atoms with Gasteiger partial charge in [0.15, 0.2) is 11.5 Å². The largest absolute Gasteiger partial charge is 0.493 e. The fraction of sp³-hybridized carbons (Fsp3) is 0.500. The second-order valence-electron chi connectivity index (χ2n) is 8.29. The number of amides is 2. The van der Waals surface area contributed by atoms with Crippen molar-refractivity contribution in [2.45, 2.75) is 44.8 Å². The smallest absolute Gasteiger partial charge is 0.321 e. The molecule has 1 aromatic heterocycles. The number of benzene rings is 1. The molecule has 2 fully saturated rings. The maximum Gasteiger partial charge on any atom is 0.321 e. The van der Waals surface area contributed by atoms with Crippen molar-refractivity contribution in [1.29, 1.82) is 0 Å². The molecule has 1 aliphatic heterocycles. The fourth-order valence-corrected chi connectivity index (χ4v) is 4.31. The maximum absolute atomic E-state index is 12.9. The van der Waals surface area contributed by atoms with E-state index in [1.165, 1.54) is 18.4 Å². The van der Waals surface area contributed by atoms with Crippen LogP contribution in [0.4, 0.5) is 10.5 Å². The third kappa shape index (κ3) is 5.88. The van der Waals surface area contributed by atoms with E-state index in [1.807, 2.05) is 47.6 Å². The molecule has 2 aromatic rings. The molecule has 0 unspecified atom stereocenters. The Morgan fingerprint density at radius 3 is 2.61 bits per heavy atom. The third-order valence-corrected chi connectivity index (χ3v) is 6.04. The standard InChI is InChI=1S/C24H32N4O3/c1-30-22-8-7-20(17-23(22)31-21-5-2-3-6-21)26-24(29)28-14-4-13-27(15-16-28)18-19-9-11-25-12-10-19/h7-12,17,21H,2-6,13-16,18H2,1H3,(H,26,29). The van der Waals surface area contributed by atoms with E-state index < -0.39 is 0 Å². The third-order valence-electron chi connectivity index (χ3n) is 6.04. The van der Waals surface area contributed by atoms with E-state index in [-0.39, 0.29) is 12.1 Å². The average molecular weight is 425 g/mol. The summed E-state index contributed by atoms with van der Waals surface area (Å²) in [4.78, 5) is 21.3. The van der Waals surface area contributed by atoms with E-state index in [9.17, 15) is 4.79 Å². The molecule has 2 amide bonds. The van der Waals surface area contributed by atoms with Crippen molar-refractivity contribution >= 4 is 11.7 Å². The Bertz CT molecular complexity index is 855. The second kappa shape index (κ2) is 10.5. The van der Waals surface area contributed by atoms with Gasteiger partial charge in [0.25, 0.3) is 0 Å². The molecule has 2 heterocycles. The van der Waals surface area contributed by atoms with Gasteiger partial charge in [-0.3, -0.25) is 9.88 Å². The van der Waals surface area contributed by atoms with E-state index >= 15 is 0 Å². The number of hydrogen-bond donors (Lipinski definition) is 1. The number of nitrogens with zero attached hydrogens (tertiary/aromatic N) is 3. The first-order valence-corrected chi connectivity index (χ1v) is 11.2. The summed E-state index contributed by atoms with van der Waals surface area (Å²) in [6.45, 7) is 4.18. The molecular formula is C24H32N4O3. The van der Waals surface area contributed by atoms with Gasteiger partial charge in [0, 0.05) is 56.9 Å². The Hall–Kier alpha value is -2.80. The van der Waals surface area contributed by atoms with Gasteiger partial charge in [-0.25, -0.2) is 4.79 Å². The van der Waals surface area contributed by atoms with Gasteiger partial charge in [0.1, 0.15) is 0 Å². The van der Waals surface area contributed by atoms with Crippen LogP contribution in [0.15, 0.2) is 42.7 Å². The molecule has 7 heteroatoms. The fourth-order valence-electron chi connectivity index (χ4n) is 4.31. The van der Waals surface area contributed by atoms with Crippen LogP contribution >= 0.6 is 0 Å². The molecular weight excluding hydrogens is 392 g/mol. The summed E-state index contributed by atoms with van der Waals surface area (Å²) in [5.41, 5.74) is 1.98. The molecule has 1 N–H and O–H groups in total. The Balaban J connectivity index is 1.34. The number of aromatic nitrogens is 1. The zero-order valence-corrected chi connectivity index (χ0v) is 18.3. The lowest BCUT2D eigenvalue weighted by Crippen LogP contribution is -2.38. The summed E-state index contributed by atoms with van der Waals surface area (Å²) in [7, 11) is 1.64. The minimum Gasteiger partial charge on any atom is -0.493 e. The number of nitrogens with one attached hydrogen (secondary N) is 1. The predicted octanol–water partition coefficient (Wildman–Crippen LogP) is 4.15. The number of ether oxygens (including phenoxy) is 2. The van der Waals surface area contributed by atoms with Gasteiger partial charge in [-0.2, -0.15) is 0 Å². The van der Waals surface area contributed by atoms with Crippen LogP contribution in [0.2, 0.25) is 0 Å². The molecule has 2 aliphatic rings. The molecule has 1 aromatic carbocycles. The molecule has 0 radical (unpaired) electrons. The number of carbonyl (C=O) groups excluding carboxylic acids is 1. The first kappa shape index (κ1) is 21.4. The first-order chi connectivity index (χ1) is 15.2. The Labute approximate surface area is 184 Å². The number of urea groups is 1. The van der Waals surface area contributed by atoms with Crippen molar-refractivity contribution in [3.8, 4) is 11.5 Å². The van der Waals surface area contributed by atoms with E-state index in [2.05, 4.69) is 15.2 Å². The predicted molar refractivity (Wildman–Crippen MR) is 121 cm³/mol. The van der Waals surface area contributed by atoms with Crippen LogP contribution in [0.25, 0.3) is 0 Å². The summed E-state index contributed by atoms with van der Waals surface area (Å²) in [6, 6.07) is 9.63. The molecule has 0 spiro atoms. The number of pyridine rings is 1. The maximum atomic E-state index is 12.9. The van der Waals surface area contributed by atoms with Crippen LogP contribution in [0.5, 0.6) is 11.5 Å². The molecule has 1 saturated carbocycles. The first-order valence-electron chi connectivity index (χ1n) is 11.2. The SMILES string of the molecule is COc1ccc(NC(=O)N2CCCN(Cc3ccncc3)CC2)cc1OC1CCCC1. The number of anilines is 1. The normalized spacial score (nSPS) is 17.9. The van der Waals surface area contributed by atoms with Crippen molar-refractivity contribution in [3.05, 3.63) is 48.3 Å². The van der Waals surface area contributed by atoms with E-state index in [0.717, 1.165) is 51.1 Å². The van der Waals surface area contributed by atoms with Gasteiger partial charge < -0.3 is 19.7 Å². The van der Waals surface area contributed by atoms with E-state index in [4.69, 9.17) is 9.47 Å². The topological polar surface area (TPSA) is 66.9 Å². The molecule has 0 bridgehead atoms. The summed E-state index contributed by atoms with van der Waals surface area (Å²) >= 11 is 0. The van der Waals surface area contributed by atoms with Crippen LogP contribution in [-0.2, 0) is 6.54 Å². The van der Waals surface area contributed by atoms with Gasteiger partial charge in [0.05, 0.1) is 13.2 Å². The molecule has 1 aliphatic carbocycles. The van der Waals surface area contributed by atoms with Crippen molar-refractivity contribution in [2.24, 2.45) is 0 Å². The second-order valence-corrected chi connectivity index (χ2v) is 8.29. The monoisotopic (exact) mass is 424 g/mol. The lowest BCUT2D eigenvalue weighted by atomic mass is 10.2. The van der Waals surface area contributed by atoms with Gasteiger partial charge in [-0.15, -0.1) is 0 Å². The highest BCUT2D eigenvalue weighted by Gasteiger charge is 2.21. The van der Waals surface area contributed by atoms with E-state index in [0.29, 0.717) is 18.0 Å². The molecule has 1 saturated heterocycles. The molecule has 31 heavy (non-hydrogen) atoms. The van der Waals surface area contributed by atoms with Crippen LogP contribution in [0.1, 0.15) is 37.7 Å². The molecule has 7 nitrogen and oxygen atoms in total. The lowest BCUT2D eigenvalue weighted by Gasteiger charge is -2.23. The Kier molecular flexibility index (Phi) is 7.25. The number of rotatable bonds is 6. The van der Waals surface area contributed by atoms with Crippen molar-refractivity contribution in [1.82, 2.24) is 14.8 Å². The zero-order chi connectivity index (χ0) is 21.5. The number of hydrogen-bond acceptors (Lipinski definition) is 5. The Morgan fingerprint density at radius 1 is 1.03 bits per heavy atom. The van der Waals surface area contributed by atoms with E-state index in [1.54, 1.807) is 7.11 Å². The van der Waals surface area contributed by atoms with Crippen LogP contribution in [0, 0.1) is 0 Å². The minimum atomic E-state index is -0.0669. The van der Waals surface area contributed by atoms with Crippen LogP contribution in [-0.4, -0.2) is 60.2 Å².